The van der Waals surface area contributed by atoms with Gasteiger partial charge in [0, 0.05) is 6.42 Å². The number of halogens is 2. The zero-order valence-electron chi connectivity index (χ0n) is 7.56. The van der Waals surface area contributed by atoms with Crippen LogP contribution in [-0.2, 0) is 4.79 Å². The van der Waals surface area contributed by atoms with E-state index in [1.54, 1.807) is 0 Å². The molecule has 0 spiro atoms. The first-order chi connectivity index (χ1) is 6.16. The molecule has 3 N–H and O–H groups in total. The second kappa shape index (κ2) is 7.91. The molecule has 3 nitrogen and oxygen atoms in total. The number of unbranched alkanes of at least 4 members (excludes halogenated alkanes) is 2. The molecule has 1 amide bonds. The summed E-state index contributed by atoms with van der Waals surface area (Å²) in [6, 6.07) is 0. The Balaban J connectivity index is 3.20. The predicted octanol–water partition coefficient (Wildman–Crippen LogP) is 0.887. The minimum atomic E-state index is -2.46. The second-order valence-corrected chi connectivity index (χ2v) is 2.79. The van der Waals surface area contributed by atoms with E-state index in [1.807, 2.05) is 0 Å². The van der Waals surface area contributed by atoms with Crippen molar-refractivity contribution in [3.8, 4) is 0 Å². The largest absolute Gasteiger partial charge is 0.350 e. The van der Waals surface area contributed by atoms with Gasteiger partial charge in [0.15, 0.2) is 0 Å². The van der Waals surface area contributed by atoms with Gasteiger partial charge in [0.1, 0.15) is 0 Å². The standard InChI is InChI=1S/C8H16F2N2O/c9-7(10)6-12-8(13)4-2-1-3-5-11/h7H,1-6,11H2,(H,12,13). The monoisotopic (exact) mass is 194 g/mol. The number of nitrogens with one attached hydrogen (secondary N) is 1. The molecule has 78 valence electrons. The van der Waals surface area contributed by atoms with Crippen molar-refractivity contribution in [1.82, 2.24) is 5.32 Å². The number of alkyl halides is 2. The van der Waals surface area contributed by atoms with Gasteiger partial charge in [-0.2, -0.15) is 0 Å². The van der Waals surface area contributed by atoms with Crippen LogP contribution in [0.1, 0.15) is 25.7 Å². The first kappa shape index (κ1) is 12.3. The number of carbonyl (C=O) groups excluding carboxylic acids is 1. The van der Waals surface area contributed by atoms with Gasteiger partial charge in [-0.25, -0.2) is 8.78 Å². The average Bonchev–Trinajstić information content (AvgIpc) is 2.09. The lowest BCUT2D eigenvalue weighted by Crippen LogP contribution is -2.28. The van der Waals surface area contributed by atoms with E-state index in [-0.39, 0.29) is 5.91 Å². The van der Waals surface area contributed by atoms with E-state index in [9.17, 15) is 13.6 Å². The molecule has 0 fully saturated rings. The lowest BCUT2D eigenvalue weighted by molar-refractivity contribution is -0.121. The van der Waals surface area contributed by atoms with Gasteiger partial charge in [-0.15, -0.1) is 0 Å². The highest BCUT2D eigenvalue weighted by molar-refractivity contribution is 5.75. The second-order valence-electron chi connectivity index (χ2n) is 2.79. The molecule has 0 radical (unpaired) electrons. The number of rotatable bonds is 7. The van der Waals surface area contributed by atoms with Crippen LogP contribution in [0.3, 0.4) is 0 Å². The fourth-order valence-electron chi connectivity index (χ4n) is 0.886. The maximum atomic E-state index is 11.6. The molecular weight excluding hydrogens is 178 g/mol. The van der Waals surface area contributed by atoms with Crippen LogP contribution in [0.4, 0.5) is 8.78 Å². The summed E-state index contributed by atoms with van der Waals surface area (Å²) >= 11 is 0. The van der Waals surface area contributed by atoms with Crippen LogP contribution >= 0.6 is 0 Å². The Morgan fingerprint density at radius 1 is 1.31 bits per heavy atom. The first-order valence-corrected chi connectivity index (χ1v) is 4.41. The summed E-state index contributed by atoms with van der Waals surface area (Å²) in [4.78, 5) is 10.8. The Morgan fingerprint density at radius 3 is 2.54 bits per heavy atom. The predicted molar refractivity (Wildman–Crippen MR) is 46.5 cm³/mol. The smallest absolute Gasteiger partial charge is 0.255 e. The van der Waals surface area contributed by atoms with Crippen molar-refractivity contribution in [2.75, 3.05) is 13.1 Å². The third-order valence-corrected chi connectivity index (χ3v) is 1.56. The van der Waals surface area contributed by atoms with E-state index >= 15 is 0 Å². The zero-order valence-corrected chi connectivity index (χ0v) is 7.56. The summed E-state index contributed by atoms with van der Waals surface area (Å²) < 4.78 is 23.2. The third-order valence-electron chi connectivity index (χ3n) is 1.56. The first-order valence-electron chi connectivity index (χ1n) is 4.41. The van der Waals surface area contributed by atoms with Gasteiger partial charge in [0.2, 0.25) is 5.91 Å². The third kappa shape index (κ3) is 9.20. The van der Waals surface area contributed by atoms with Crippen LogP contribution in [0.5, 0.6) is 0 Å². The molecule has 0 aliphatic heterocycles. The molecule has 0 aromatic heterocycles. The number of carbonyl (C=O) groups is 1. The number of hydrogen-bond donors (Lipinski definition) is 2. The molecule has 0 aliphatic rings. The van der Waals surface area contributed by atoms with E-state index in [4.69, 9.17) is 5.73 Å². The highest BCUT2D eigenvalue weighted by Crippen LogP contribution is 1.98. The Bertz CT molecular complexity index is 142. The molecule has 13 heavy (non-hydrogen) atoms. The Kier molecular flexibility index (Phi) is 7.48. The Morgan fingerprint density at radius 2 is 2.00 bits per heavy atom. The van der Waals surface area contributed by atoms with Crippen LogP contribution in [0, 0.1) is 0 Å². The van der Waals surface area contributed by atoms with Gasteiger partial charge in [-0.05, 0) is 19.4 Å². The summed E-state index contributed by atoms with van der Waals surface area (Å²) in [7, 11) is 0. The minimum absolute atomic E-state index is 0.308. The average molecular weight is 194 g/mol. The summed E-state index contributed by atoms with van der Waals surface area (Å²) in [5.41, 5.74) is 5.24. The summed E-state index contributed by atoms with van der Waals surface area (Å²) in [6.07, 6.45) is 0.313. The van der Waals surface area contributed by atoms with Crippen LogP contribution in [0.15, 0.2) is 0 Å². The summed E-state index contributed by atoms with van der Waals surface area (Å²) in [5.74, 6) is -0.308. The molecule has 0 unspecified atom stereocenters. The van der Waals surface area contributed by atoms with E-state index in [2.05, 4.69) is 5.32 Å². The highest BCUT2D eigenvalue weighted by atomic mass is 19.3. The summed E-state index contributed by atoms with van der Waals surface area (Å²) in [5, 5.41) is 2.14. The molecular formula is C8H16F2N2O. The van der Waals surface area contributed by atoms with Gasteiger partial charge in [-0.1, -0.05) is 6.42 Å². The van der Waals surface area contributed by atoms with Gasteiger partial charge in [0.25, 0.3) is 6.43 Å². The van der Waals surface area contributed by atoms with E-state index in [1.165, 1.54) is 0 Å². The van der Waals surface area contributed by atoms with E-state index in [0.29, 0.717) is 19.4 Å². The molecule has 0 atom stereocenters. The molecule has 0 rings (SSSR count). The fraction of sp³-hybridized carbons (Fsp3) is 0.875. The van der Waals surface area contributed by atoms with Crippen molar-refractivity contribution in [2.45, 2.75) is 32.1 Å². The molecule has 0 saturated heterocycles. The van der Waals surface area contributed by atoms with Gasteiger partial charge < -0.3 is 11.1 Å². The van der Waals surface area contributed by atoms with Crippen molar-refractivity contribution in [2.24, 2.45) is 5.73 Å². The van der Waals surface area contributed by atoms with Crippen LogP contribution in [0.25, 0.3) is 0 Å². The molecule has 0 aromatic carbocycles. The molecule has 0 heterocycles. The molecule has 0 aromatic rings. The van der Waals surface area contributed by atoms with Crippen LogP contribution in [-0.4, -0.2) is 25.4 Å². The number of amides is 1. The zero-order chi connectivity index (χ0) is 10.1. The number of nitrogens with two attached hydrogens (primary N) is 1. The molecule has 0 aliphatic carbocycles. The highest BCUT2D eigenvalue weighted by Gasteiger charge is 2.05. The quantitative estimate of drug-likeness (QED) is 0.591. The maximum absolute atomic E-state index is 11.6. The SMILES string of the molecule is NCCCCCC(=O)NCC(F)F. The van der Waals surface area contributed by atoms with Crippen molar-refractivity contribution in [1.29, 1.82) is 0 Å². The van der Waals surface area contributed by atoms with Crippen LogP contribution < -0.4 is 11.1 Å². The minimum Gasteiger partial charge on any atom is -0.350 e. The van der Waals surface area contributed by atoms with Gasteiger partial charge in [0.05, 0.1) is 6.54 Å². The Labute approximate surface area is 76.7 Å². The lowest BCUT2D eigenvalue weighted by atomic mass is 10.2. The van der Waals surface area contributed by atoms with Crippen LogP contribution in [0.2, 0.25) is 0 Å². The van der Waals surface area contributed by atoms with Gasteiger partial charge in [-0.3, -0.25) is 4.79 Å². The van der Waals surface area contributed by atoms with Crippen molar-refractivity contribution in [3.05, 3.63) is 0 Å². The topological polar surface area (TPSA) is 55.1 Å². The van der Waals surface area contributed by atoms with E-state index < -0.39 is 13.0 Å². The molecule has 5 heteroatoms. The lowest BCUT2D eigenvalue weighted by Gasteiger charge is -2.03. The maximum Gasteiger partial charge on any atom is 0.255 e. The van der Waals surface area contributed by atoms with Crippen molar-refractivity contribution < 1.29 is 13.6 Å². The molecule has 0 bridgehead atoms. The number of hydrogen-bond acceptors (Lipinski definition) is 2. The molecule has 0 saturated carbocycles. The van der Waals surface area contributed by atoms with Crippen molar-refractivity contribution >= 4 is 5.91 Å². The normalized spacial score (nSPS) is 10.5. The van der Waals surface area contributed by atoms with Crippen molar-refractivity contribution in [3.63, 3.8) is 0 Å². The van der Waals surface area contributed by atoms with Gasteiger partial charge >= 0.3 is 0 Å². The fourth-order valence-corrected chi connectivity index (χ4v) is 0.886. The summed E-state index contributed by atoms with van der Waals surface area (Å²) in [6.45, 7) is 0.0639. The van der Waals surface area contributed by atoms with E-state index in [0.717, 1.165) is 12.8 Å². The Hall–Kier alpha value is -0.710.